The van der Waals surface area contributed by atoms with Crippen LogP contribution in [0.2, 0.25) is 0 Å². The first-order chi connectivity index (χ1) is 8.72. The van der Waals surface area contributed by atoms with E-state index < -0.39 is 5.82 Å². The second-order valence-electron chi connectivity index (χ2n) is 4.67. The van der Waals surface area contributed by atoms with E-state index in [4.69, 9.17) is 0 Å². The molecule has 98 valence electrons. The third-order valence-electron chi connectivity index (χ3n) is 3.30. The Labute approximate surface area is 106 Å². The maximum atomic E-state index is 13.5. The molecule has 18 heavy (non-hydrogen) atoms. The number of hydrogen-bond donors (Lipinski definition) is 1. The van der Waals surface area contributed by atoms with Crippen molar-refractivity contribution in [1.82, 2.24) is 15.2 Å². The van der Waals surface area contributed by atoms with Crippen LogP contribution in [0.5, 0.6) is 0 Å². The molecule has 0 spiro atoms. The standard InChI is InChI=1S/C13H18FN3O/c1-15-7-10-3-2-6-17(9-10)13(18)11-4-5-16-8-12(11)14/h4-5,8,10,15H,2-3,6-7,9H2,1H3. The van der Waals surface area contributed by atoms with Crippen LogP contribution in [0, 0.1) is 11.7 Å². The fourth-order valence-electron chi connectivity index (χ4n) is 2.42. The monoisotopic (exact) mass is 251 g/mol. The Kier molecular flexibility index (Phi) is 4.25. The summed E-state index contributed by atoms with van der Waals surface area (Å²) in [5.74, 6) is -0.313. The van der Waals surface area contributed by atoms with E-state index >= 15 is 0 Å². The highest BCUT2D eigenvalue weighted by Gasteiger charge is 2.25. The molecule has 5 heteroatoms. The summed E-state index contributed by atoms with van der Waals surface area (Å²) in [7, 11) is 1.91. The number of nitrogens with zero attached hydrogens (tertiary/aromatic N) is 2. The third-order valence-corrected chi connectivity index (χ3v) is 3.30. The van der Waals surface area contributed by atoms with E-state index in [1.807, 2.05) is 7.05 Å². The van der Waals surface area contributed by atoms with Crippen LogP contribution in [0.4, 0.5) is 4.39 Å². The lowest BCUT2D eigenvalue weighted by Crippen LogP contribution is -2.42. The van der Waals surface area contributed by atoms with Gasteiger partial charge >= 0.3 is 0 Å². The van der Waals surface area contributed by atoms with Gasteiger partial charge in [0.15, 0.2) is 5.82 Å². The molecule has 0 bridgehead atoms. The quantitative estimate of drug-likeness (QED) is 0.880. The number of hydrogen-bond acceptors (Lipinski definition) is 3. The van der Waals surface area contributed by atoms with Crippen molar-refractivity contribution in [3.05, 3.63) is 29.8 Å². The second-order valence-corrected chi connectivity index (χ2v) is 4.67. The summed E-state index contributed by atoms with van der Waals surface area (Å²) in [6.07, 6.45) is 4.63. The molecule has 1 aromatic rings. The Morgan fingerprint density at radius 1 is 1.67 bits per heavy atom. The van der Waals surface area contributed by atoms with Gasteiger partial charge in [-0.3, -0.25) is 9.78 Å². The van der Waals surface area contributed by atoms with Gasteiger partial charge in [0.05, 0.1) is 11.8 Å². The highest BCUT2D eigenvalue weighted by Crippen LogP contribution is 2.18. The molecule has 4 nitrogen and oxygen atoms in total. The lowest BCUT2D eigenvalue weighted by atomic mass is 9.97. The third kappa shape index (κ3) is 2.85. The molecular formula is C13H18FN3O. The molecule has 1 aliphatic rings. The van der Waals surface area contributed by atoms with E-state index in [0.29, 0.717) is 19.0 Å². The lowest BCUT2D eigenvalue weighted by Gasteiger charge is -2.32. The number of aromatic nitrogens is 1. The summed E-state index contributed by atoms with van der Waals surface area (Å²) in [5, 5.41) is 3.13. The van der Waals surface area contributed by atoms with Crippen molar-refractivity contribution >= 4 is 5.91 Å². The maximum Gasteiger partial charge on any atom is 0.256 e. The van der Waals surface area contributed by atoms with Gasteiger partial charge in [-0.05, 0) is 38.4 Å². The Balaban J connectivity index is 2.07. The number of likely N-dealkylation sites (tertiary alicyclic amines) is 1. The largest absolute Gasteiger partial charge is 0.338 e. The van der Waals surface area contributed by atoms with Gasteiger partial charge in [0.2, 0.25) is 0 Å². The van der Waals surface area contributed by atoms with E-state index in [-0.39, 0.29) is 11.5 Å². The van der Waals surface area contributed by atoms with E-state index in [1.54, 1.807) is 4.90 Å². The average Bonchev–Trinajstić information content (AvgIpc) is 2.39. The fourth-order valence-corrected chi connectivity index (χ4v) is 2.42. The normalized spacial score (nSPS) is 19.9. The van der Waals surface area contributed by atoms with Crippen molar-refractivity contribution < 1.29 is 9.18 Å². The van der Waals surface area contributed by atoms with Crippen LogP contribution in [-0.2, 0) is 0 Å². The molecule has 2 rings (SSSR count). The molecule has 0 radical (unpaired) electrons. The van der Waals surface area contributed by atoms with Crippen LogP contribution in [0.25, 0.3) is 0 Å². The molecule has 1 aliphatic heterocycles. The van der Waals surface area contributed by atoms with Gasteiger partial charge < -0.3 is 10.2 Å². The van der Waals surface area contributed by atoms with E-state index in [0.717, 1.165) is 25.6 Å². The van der Waals surface area contributed by atoms with E-state index in [2.05, 4.69) is 10.3 Å². The molecule has 1 atom stereocenters. The smallest absolute Gasteiger partial charge is 0.256 e. The van der Waals surface area contributed by atoms with Crippen LogP contribution < -0.4 is 5.32 Å². The van der Waals surface area contributed by atoms with Gasteiger partial charge in [-0.25, -0.2) is 4.39 Å². The van der Waals surface area contributed by atoms with Gasteiger partial charge in [0, 0.05) is 19.3 Å². The lowest BCUT2D eigenvalue weighted by molar-refractivity contribution is 0.0669. The Morgan fingerprint density at radius 2 is 2.50 bits per heavy atom. The SMILES string of the molecule is CNCC1CCCN(C(=O)c2ccncc2F)C1. The van der Waals surface area contributed by atoms with Crippen molar-refractivity contribution in [2.75, 3.05) is 26.7 Å². The molecular weight excluding hydrogens is 233 g/mol. The summed E-state index contributed by atoms with van der Waals surface area (Å²) >= 11 is 0. The zero-order valence-corrected chi connectivity index (χ0v) is 10.5. The first-order valence-corrected chi connectivity index (χ1v) is 6.25. The fraction of sp³-hybridized carbons (Fsp3) is 0.538. The van der Waals surface area contributed by atoms with Crippen LogP contribution >= 0.6 is 0 Å². The molecule has 1 aromatic heterocycles. The van der Waals surface area contributed by atoms with Crippen molar-refractivity contribution in [2.45, 2.75) is 12.8 Å². The highest BCUT2D eigenvalue weighted by atomic mass is 19.1. The minimum Gasteiger partial charge on any atom is -0.338 e. The first kappa shape index (κ1) is 13.0. The van der Waals surface area contributed by atoms with Crippen LogP contribution in [-0.4, -0.2) is 42.5 Å². The zero-order chi connectivity index (χ0) is 13.0. The number of carbonyl (C=O) groups is 1. The number of amides is 1. The van der Waals surface area contributed by atoms with Crippen LogP contribution in [0.3, 0.4) is 0 Å². The predicted octanol–water partition coefficient (Wildman–Crippen LogP) is 1.29. The van der Waals surface area contributed by atoms with Crippen molar-refractivity contribution in [3.8, 4) is 0 Å². The summed E-state index contributed by atoms with van der Waals surface area (Å²) in [4.78, 5) is 17.6. The molecule has 2 heterocycles. The molecule has 1 amide bonds. The maximum absolute atomic E-state index is 13.5. The molecule has 1 unspecified atom stereocenters. The van der Waals surface area contributed by atoms with Gasteiger partial charge in [-0.2, -0.15) is 0 Å². The molecule has 1 saturated heterocycles. The predicted molar refractivity (Wildman–Crippen MR) is 66.7 cm³/mol. The minimum atomic E-state index is -0.543. The van der Waals surface area contributed by atoms with Gasteiger partial charge in [-0.15, -0.1) is 0 Å². The summed E-state index contributed by atoms with van der Waals surface area (Å²) in [6, 6.07) is 1.44. The average molecular weight is 251 g/mol. The number of halogens is 1. The van der Waals surface area contributed by atoms with Gasteiger partial charge in [-0.1, -0.05) is 0 Å². The van der Waals surface area contributed by atoms with Gasteiger partial charge in [0.25, 0.3) is 5.91 Å². The Bertz CT molecular complexity index is 422. The summed E-state index contributed by atoms with van der Waals surface area (Å²) in [5.41, 5.74) is 0.120. The highest BCUT2D eigenvalue weighted by molar-refractivity contribution is 5.94. The van der Waals surface area contributed by atoms with Crippen molar-refractivity contribution in [2.24, 2.45) is 5.92 Å². The zero-order valence-electron chi connectivity index (χ0n) is 10.5. The van der Waals surface area contributed by atoms with Crippen molar-refractivity contribution in [3.63, 3.8) is 0 Å². The topological polar surface area (TPSA) is 45.2 Å². The molecule has 0 aromatic carbocycles. The first-order valence-electron chi connectivity index (χ1n) is 6.25. The Hall–Kier alpha value is -1.49. The molecule has 1 fully saturated rings. The second kappa shape index (κ2) is 5.91. The van der Waals surface area contributed by atoms with Gasteiger partial charge in [0.1, 0.15) is 0 Å². The van der Waals surface area contributed by atoms with E-state index in [9.17, 15) is 9.18 Å². The molecule has 1 N–H and O–H groups in total. The van der Waals surface area contributed by atoms with Crippen LogP contribution in [0.1, 0.15) is 23.2 Å². The Morgan fingerprint density at radius 3 is 3.22 bits per heavy atom. The molecule has 0 aliphatic carbocycles. The number of rotatable bonds is 3. The number of carbonyl (C=O) groups excluding carboxylic acids is 1. The number of pyridine rings is 1. The number of piperidine rings is 1. The summed E-state index contributed by atoms with van der Waals surface area (Å²) < 4.78 is 13.5. The van der Waals surface area contributed by atoms with Crippen molar-refractivity contribution in [1.29, 1.82) is 0 Å². The minimum absolute atomic E-state index is 0.120. The molecule has 0 saturated carbocycles. The van der Waals surface area contributed by atoms with E-state index in [1.165, 1.54) is 12.3 Å². The van der Waals surface area contributed by atoms with Crippen LogP contribution in [0.15, 0.2) is 18.5 Å². The number of nitrogens with one attached hydrogen (secondary N) is 1. The summed E-state index contributed by atoms with van der Waals surface area (Å²) in [6.45, 7) is 2.30.